The Morgan fingerprint density at radius 3 is 2.41 bits per heavy atom. The molecule has 6 unspecified atom stereocenters. The molecule has 2 aromatic rings. The van der Waals surface area contributed by atoms with Gasteiger partial charge in [-0.15, -0.1) is 18.3 Å². The SMILES string of the molecule is C=C[C@@]1(C)C[C@H](OC(=O)CSC2CC3CCC(C2)N3C)[C@@](C)(C(C)CC)C2C(=O)CCC2(C)[C@H](C)[C@H]1OC(=O)CCCOC(=O)c1c2n(c3cc(N4CCNCC4)c(F)cc3c1=O)C(C)S2. The number of ketones is 1. The number of piperidine rings is 1. The summed E-state index contributed by atoms with van der Waals surface area (Å²) in [6, 6.07) is 4.09. The number of aromatic nitrogens is 1. The first kappa shape index (κ1) is 49.0. The molecule has 1 aromatic heterocycles. The number of carbonyl (C=O) groups excluding carboxylic acids is 4. The summed E-state index contributed by atoms with van der Waals surface area (Å²) in [7, 11) is 2.22. The van der Waals surface area contributed by atoms with Gasteiger partial charge in [0.25, 0.3) is 0 Å². The highest BCUT2D eigenvalue weighted by Gasteiger charge is 2.65. The number of carbonyl (C=O) groups is 4. The van der Waals surface area contributed by atoms with Gasteiger partial charge in [-0.2, -0.15) is 0 Å². The minimum Gasteiger partial charge on any atom is -0.462 e. The number of ether oxygens (including phenoxy) is 3. The summed E-state index contributed by atoms with van der Waals surface area (Å²) < 4.78 is 36.2. The second-order valence-electron chi connectivity index (χ2n) is 21.0. The molecule has 5 heterocycles. The Bertz CT molecular complexity index is 2290. The van der Waals surface area contributed by atoms with Gasteiger partial charge in [-0.1, -0.05) is 65.8 Å². The predicted molar refractivity (Wildman–Crippen MR) is 259 cm³/mol. The van der Waals surface area contributed by atoms with Crippen LogP contribution < -0.4 is 15.6 Å². The van der Waals surface area contributed by atoms with Crippen molar-refractivity contribution < 1.29 is 37.8 Å². The van der Waals surface area contributed by atoms with Crippen molar-refractivity contribution >= 4 is 63.8 Å². The highest BCUT2D eigenvalue weighted by molar-refractivity contribution is 8.00. The number of rotatable bonds is 14. The van der Waals surface area contributed by atoms with E-state index in [9.17, 15) is 24.0 Å². The smallest absolute Gasteiger partial charge is 0.344 e. The Balaban J connectivity index is 0.966. The Hall–Kier alpha value is -3.40. The minimum atomic E-state index is -0.832. The molecule has 4 aliphatic heterocycles. The summed E-state index contributed by atoms with van der Waals surface area (Å²) in [5, 5.41) is 4.21. The van der Waals surface area contributed by atoms with Gasteiger partial charge in [-0.05, 0) is 82.4 Å². The fourth-order valence-electron chi connectivity index (χ4n) is 13.0. The van der Waals surface area contributed by atoms with Gasteiger partial charge in [0.2, 0.25) is 5.43 Å². The van der Waals surface area contributed by atoms with Crippen molar-refractivity contribution in [3.63, 3.8) is 0 Å². The number of nitrogens with one attached hydrogen (secondary N) is 1. The first-order valence-electron chi connectivity index (χ1n) is 24.5. The molecule has 2 aliphatic carbocycles. The molecule has 1 aromatic carbocycles. The van der Waals surface area contributed by atoms with Crippen molar-refractivity contribution in [2.24, 2.45) is 34.0 Å². The fourth-order valence-corrected chi connectivity index (χ4v) is 15.3. The highest BCUT2D eigenvalue weighted by atomic mass is 32.2. The van der Waals surface area contributed by atoms with E-state index < -0.39 is 57.6 Å². The molecule has 2 saturated carbocycles. The molecule has 362 valence electrons. The lowest BCUT2D eigenvalue weighted by Crippen LogP contribution is -2.60. The Morgan fingerprint density at radius 2 is 1.76 bits per heavy atom. The number of piperazine rings is 1. The van der Waals surface area contributed by atoms with Crippen LogP contribution in [0, 0.1) is 39.8 Å². The Kier molecular flexibility index (Phi) is 14.3. The summed E-state index contributed by atoms with van der Waals surface area (Å²) in [5.41, 5.74) is -1.79. The van der Waals surface area contributed by atoms with E-state index in [2.05, 4.69) is 58.5 Å². The molecule has 6 aliphatic rings. The van der Waals surface area contributed by atoms with Crippen molar-refractivity contribution in [2.75, 3.05) is 50.5 Å². The van der Waals surface area contributed by atoms with Crippen LogP contribution >= 0.6 is 23.5 Å². The van der Waals surface area contributed by atoms with Crippen LogP contribution in [0.25, 0.3) is 10.9 Å². The van der Waals surface area contributed by atoms with E-state index in [0.29, 0.717) is 65.9 Å². The van der Waals surface area contributed by atoms with Crippen molar-refractivity contribution in [2.45, 2.75) is 153 Å². The van der Waals surface area contributed by atoms with E-state index in [-0.39, 0.29) is 65.1 Å². The normalized spacial score (nSPS) is 34.7. The number of thioether (sulfide) groups is 2. The number of esters is 3. The zero-order valence-electron chi connectivity index (χ0n) is 40.3. The zero-order chi connectivity index (χ0) is 47.5. The van der Waals surface area contributed by atoms with Crippen LogP contribution in [0.4, 0.5) is 10.1 Å². The van der Waals surface area contributed by atoms with Crippen LogP contribution in [0.2, 0.25) is 0 Å². The fraction of sp³-hybridized carbons (Fsp3) is 0.706. The molecule has 0 radical (unpaired) electrons. The van der Waals surface area contributed by atoms with Gasteiger partial charge in [-0.3, -0.25) is 19.2 Å². The quantitative estimate of drug-likeness (QED) is 0.0839. The Morgan fingerprint density at radius 1 is 1.06 bits per heavy atom. The monoisotopic (exact) mass is 950 g/mol. The topological polar surface area (TPSA) is 136 Å². The van der Waals surface area contributed by atoms with E-state index in [1.165, 1.54) is 30.7 Å². The van der Waals surface area contributed by atoms with Gasteiger partial charge in [0.15, 0.2) is 0 Å². The molecular formula is C51H71FN4O8S2. The first-order valence-corrected chi connectivity index (χ1v) is 26.4. The third-order valence-corrected chi connectivity index (χ3v) is 19.9. The zero-order valence-corrected chi connectivity index (χ0v) is 41.9. The molecular weight excluding hydrogens is 880 g/mol. The van der Waals surface area contributed by atoms with Crippen molar-refractivity contribution in [1.82, 2.24) is 14.8 Å². The lowest BCUT2D eigenvalue weighted by molar-refractivity contribution is -0.198. The van der Waals surface area contributed by atoms with Crippen LogP contribution in [-0.4, -0.2) is 108 Å². The molecule has 5 fully saturated rings. The molecule has 66 heavy (non-hydrogen) atoms. The molecule has 0 spiro atoms. The van der Waals surface area contributed by atoms with Gasteiger partial charge < -0.3 is 33.9 Å². The highest BCUT2D eigenvalue weighted by Crippen LogP contribution is 2.63. The van der Waals surface area contributed by atoms with Gasteiger partial charge in [0, 0.05) is 84.4 Å². The second kappa shape index (κ2) is 19.2. The number of benzene rings is 1. The standard InChI is InChI=1S/C51H71FN4O8S2/c1-10-29(3)51(8)40(63-42(59)28-65-34-23-32-14-15-33(24-34)54(32)9)27-49(6,11-2)46(30(4)50(7)17-16-39(57)45(50)51)64-41(58)13-12-22-62-48(61)43-44(60)35-25-36(52)38(55-20-18-53-19-21-55)26-37(35)56-31(5)66-47(43)56/h11,25-26,29-34,40,45-46,53H,2,10,12-24,27-28H2,1,3-9H3/t29?,30-,31?,32?,33?,34?,40+,45?,46-,49+,50?,51-/m1/s1. The average molecular weight is 951 g/mol. The van der Waals surface area contributed by atoms with Gasteiger partial charge >= 0.3 is 17.9 Å². The maximum absolute atomic E-state index is 15.5. The lowest BCUT2D eigenvalue weighted by atomic mass is 9.48. The van der Waals surface area contributed by atoms with Crippen molar-refractivity contribution in [1.29, 1.82) is 0 Å². The summed E-state index contributed by atoms with van der Waals surface area (Å²) in [5.74, 6) is -2.33. The van der Waals surface area contributed by atoms with Crippen LogP contribution in [0.5, 0.6) is 0 Å². The number of hydrogen-bond acceptors (Lipinski definition) is 13. The number of anilines is 1. The number of halogens is 1. The largest absolute Gasteiger partial charge is 0.462 e. The summed E-state index contributed by atoms with van der Waals surface area (Å²) in [6.07, 6.45) is 7.28. The van der Waals surface area contributed by atoms with E-state index in [4.69, 9.17) is 14.2 Å². The average Bonchev–Trinajstić information content (AvgIpc) is 3.70. The minimum absolute atomic E-state index is 0.0444. The van der Waals surface area contributed by atoms with E-state index in [1.807, 2.05) is 29.4 Å². The van der Waals surface area contributed by atoms with E-state index in [0.717, 1.165) is 32.4 Å². The number of pyridine rings is 1. The van der Waals surface area contributed by atoms with Crippen molar-refractivity contribution in [3.05, 3.63) is 46.4 Å². The molecule has 2 bridgehead atoms. The Labute approximate surface area is 398 Å². The van der Waals surface area contributed by atoms with Crippen LogP contribution in [0.3, 0.4) is 0 Å². The second-order valence-corrected chi connectivity index (χ2v) is 23.6. The third kappa shape index (κ3) is 8.67. The van der Waals surface area contributed by atoms with E-state index >= 15 is 4.39 Å². The van der Waals surface area contributed by atoms with E-state index in [1.54, 1.807) is 17.8 Å². The third-order valence-electron chi connectivity index (χ3n) is 17.4. The van der Waals surface area contributed by atoms with Crippen molar-refractivity contribution in [3.8, 4) is 0 Å². The molecule has 15 heteroatoms. The van der Waals surface area contributed by atoms with Gasteiger partial charge in [0.05, 0.1) is 34.0 Å². The maximum atomic E-state index is 15.5. The first-order chi connectivity index (χ1) is 31.4. The molecule has 1 N–H and O–H groups in total. The lowest BCUT2D eigenvalue weighted by Gasteiger charge is -2.58. The number of nitrogens with zero attached hydrogens (tertiary/aromatic N) is 3. The predicted octanol–water partition coefficient (Wildman–Crippen LogP) is 8.56. The number of fused-ring (bicyclic) bond motifs is 6. The molecule has 0 amide bonds. The molecule has 3 saturated heterocycles. The summed E-state index contributed by atoms with van der Waals surface area (Å²) >= 11 is 3.08. The van der Waals surface area contributed by atoms with Crippen LogP contribution in [0.15, 0.2) is 34.6 Å². The number of hydrogen-bond donors (Lipinski definition) is 1. The van der Waals surface area contributed by atoms with Crippen LogP contribution in [0.1, 0.15) is 128 Å². The van der Waals surface area contributed by atoms with Gasteiger partial charge in [0.1, 0.15) is 29.4 Å². The maximum Gasteiger partial charge on any atom is 0.344 e. The number of Topliss-reactive ketones (excluding diaryl/α,β-unsaturated/α-hetero) is 1. The van der Waals surface area contributed by atoms with Gasteiger partial charge in [-0.25, -0.2) is 9.18 Å². The summed E-state index contributed by atoms with van der Waals surface area (Å²) in [6.45, 7) is 21.5. The molecule has 12 nitrogen and oxygen atoms in total. The summed E-state index contributed by atoms with van der Waals surface area (Å²) in [4.78, 5) is 74.2. The molecule has 8 rings (SSSR count). The molecule has 11 atom stereocenters. The van der Waals surface area contributed by atoms with Crippen LogP contribution in [-0.2, 0) is 28.6 Å².